The highest BCUT2D eigenvalue weighted by atomic mass is 16.3. The Balaban J connectivity index is 2.28. The maximum Gasteiger partial charge on any atom is 0.275 e. The summed E-state index contributed by atoms with van der Waals surface area (Å²) < 4.78 is 0. The molecule has 0 bridgehead atoms. The second-order valence-electron chi connectivity index (χ2n) is 5.14. The predicted molar refractivity (Wildman–Crippen MR) is 71.7 cm³/mol. The molecule has 0 aliphatic heterocycles. The van der Waals surface area contributed by atoms with Crippen molar-refractivity contribution in [3.05, 3.63) is 17.7 Å². The summed E-state index contributed by atoms with van der Waals surface area (Å²) in [6.45, 7) is 4.20. The van der Waals surface area contributed by atoms with Crippen LogP contribution in [0.2, 0.25) is 0 Å². The van der Waals surface area contributed by atoms with Gasteiger partial charge in [-0.15, -0.1) is 0 Å². The minimum atomic E-state index is -0.210. The summed E-state index contributed by atoms with van der Waals surface area (Å²) >= 11 is 0. The third-order valence-electron chi connectivity index (χ3n) is 3.14. The molecule has 1 aromatic heterocycles. The van der Waals surface area contributed by atoms with Crippen molar-refractivity contribution in [3.8, 4) is 0 Å². The molecule has 2 rings (SSSR count). The number of aliphatic hydroxyl groups is 1. The summed E-state index contributed by atoms with van der Waals surface area (Å²) in [6.07, 6.45) is 3.45. The van der Waals surface area contributed by atoms with Gasteiger partial charge in [0.2, 0.25) is 0 Å². The van der Waals surface area contributed by atoms with Gasteiger partial charge in [0.15, 0.2) is 5.69 Å². The van der Waals surface area contributed by atoms with Gasteiger partial charge in [0.05, 0.1) is 18.5 Å². The molecule has 104 valence electrons. The number of hydrogen-bond acceptors (Lipinski definition) is 5. The zero-order valence-electron chi connectivity index (χ0n) is 11.3. The molecular formula is C13H20N4O2. The first-order chi connectivity index (χ1) is 9.04. The number of carbonyl (C=O) groups excluding carboxylic acids is 1. The molecule has 1 aliphatic carbocycles. The lowest BCUT2D eigenvalue weighted by Gasteiger charge is -2.21. The highest BCUT2D eigenvalue weighted by molar-refractivity contribution is 5.97. The molecule has 0 radical (unpaired) electrons. The third-order valence-corrected chi connectivity index (χ3v) is 3.14. The largest absolute Gasteiger partial charge is 0.396 e. The molecule has 0 saturated heterocycles. The van der Waals surface area contributed by atoms with Crippen molar-refractivity contribution in [3.63, 3.8) is 0 Å². The number of nitrogen functional groups attached to an aromatic ring is 1. The van der Waals surface area contributed by atoms with Crippen LogP contribution in [0.15, 0.2) is 6.20 Å². The van der Waals surface area contributed by atoms with Crippen LogP contribution in [0.1, 0.15) is 48.9 Å². The van der Waals surface area contributed by atoms with Crippen molar-refractivity contribution in [2.75, 3.05) is 18.9 Å². The number of nitrogens with zero attached hydrogens (tertiary/aromatic N) is 3. The Kier molecular flexibility index (Phi) is 3.99. The fraction of sp³-hybridized carbons (Fsp3) is 0.615. The van der Waals surface area contributed by atoms with Crippen molar-refractivity contribution >= 4 is 11.6 Å². The lowest BCUT2D eigenvalue weighted by molar-refractivity contribution is 0.0702. The van der Waals surface area contributed by atoms with E-state index in [4.69, 9.17) is 10.8 Å². The second kappa shape index (κ2) is 5.52. The Labute approximate surface area is 112 Å². The van der Waals surface area contributed by atoms with E-state index in [0.717, 1.165) is 12.8 Å². The van der Waals surface area contributed by atoms with Crippen LogP contribution in [0.5, 0.6) is 0 Å². The number of nitrogens with two attached hydrogens (primary N) is 1. The molecule has 6 nitrogen and oxygen atoms in total. The molecule has 0 spiro atoms. The molecule has 0 aromatic carbocycles. The molecule has 6 heteroatoms. The zero-order valence-corrected chi connectivity index (χ0v) is 11.3. The van der Waals surface area contributed by atoms with Gasteiger partial charge in [0.25, 0.3) is 5.91 Å². The molecule has 0 unspecified atom stereocenters. The van der Waals surface area contributed by atoms with Gasteiger partial charge in [-0.05, 0) is 12.8 Å². The quantitative estimate of drug-likeness (QED) is 0.819. The normalized spacial score (nSPS) is 14.7. The van der Waals surface area contributed by atoms with Gasteiger partial charge in [0.1, 0.15) is 5.82 Å². The molecule has 1 aliphatic rings. The SMILES string of the molecule is CC(C)c1ncc(N)c(C(=O)N(CCO)C2CC2)n1. The van der Waals surface area contributed by atoms with E-state index in [2.05, 4.69) is 9.97 Å². The number of carbonyl (C=O) groups is 1. The maximum atomic E-state index is 12.5. The highest BCUT2D eigenvalue weighted by Gasteiger charge is 2.34. The number of aromatic nitrogens is 2. The van der Waals surface area contributed by atoms with E-state index < -0.39 is 0 Å². The molecular weight excluding hydrogens is 244 g/mol. The van der Waals surface area contributed by atoms with E-state index in [1.807, 2.05) is 13.8 Å². The lowest BCUT2D eigenvalue weighted by atomic mass is 10.2. The Bertz CT molecular complexity index is 472. The zero-order chi connectivity index (χ0) is 14.0. The van der Waals surface area contributed by atoms with Crippen LogP contribution in [0, 0.1) is 0 Å². The number of hydrogen-bond donors (Lipinski definition) is 2. The van der Waals surface area contributed by atoms with Gasteiger partial charge in [0, 0.05) is 18.5 Å². The Morgan fingerprint density at radius 1 is 1.58 bits per heavy atom. The van der Waals surface area contributed by atoms with Crippen molar-refractivity contribution in [2.45, 2.75) is 38.6 Å². The van der Waals surface area contributed by atoms with Crippen LogP contribution in [0.25, 0.3) is 0 Å². The fourth-order valence-corrected chi connectivity index (χ4v) is 1.93. The van der Waals surface area contributed by atoms with Gasteiger partial charge >= 0.3 is 0 Å². The summed E-state index contributed by atoms with van der Waals surface area (Å²) in [6, 6.07) is 0.219. The first kappa shape index (κ1) is 13.7. The molecule has 1 saturated carbocycles. The number of amides is 1. The molecule has 19 heavy (non-hydrogen) atoms. The first-order valence-corrected chi connectivity index (χ1v) is 6.58. The molecule has 1 heterocycles. The van der Waals surface area contributed by atoms with E-state index in [1.54, 1.807) is 4.90 Å². The lowest BCUT2D eigenvalue weighted by Crippen LogP contribution is -2.36. The van der Waals surface area contributed by atoms with E-state index in [0.29, 0.717) is 12.4 Å². The Morgan fingerprint density at radius 2 is 2.26 bits per heavy atom. The fourth-order valence-electron chi connectivity index (χ4n) is 1.93. The van der Waals surface area contributed by atoms with Crippen molar-refractivity contribution < 1.29 is 9.90 Å². The van der Waals surface area contributed by atoms with Gasteiger partial charge in [-0.2, -0.15) is 0 Å². The van der Waals surface area contributed by atoms with Gasteiger partial charge < -0.3 is 15.7 Å². The van der Waals surface area contributed by atoms with E-state index in [-0.39, 0.29) is 35.9 Å². The monoisotopic (exact) mass is 264 g/mol. The van der Waals surface area contributed by atoms with E-state index in [9.17, 15) is 4.79 Å². The average Bonchev–Trinajstić information content (AvgIpc) is 3.19. The van der Waals surface area contributed by atoms with Gasteiger partial charge in [-0.3, -0.25) is 4.79 Å². The molecule has 0 atom stereocenters. The Morgan fingerprint density at radius 3 is 2.79 bits per heavy atom. The Hall–Kier alpha value is -1.69. The minimum absolute atomic E-state index is 0.0513. The van der Waals surface area contributed by atoms with Crippen LogP contribution in [0.4, 0.5) is 5.69 Å². The summed E-state index contributed by atoms with van der Waals surface area (Å²) in [5.41, 5.74) is 6.35. The summed E-state index contributed by atoms with van der Waals surface area (Å²) in [5.74, 6) is 0.537. The van der Waals surface area contributed by atoms with E-state index in [1.165, 1.54) is 6.20 Å². The van der Waals surface area contributed by atoms with E-state index >= 15 is 0 Å². The molecule has 1 aromatic rings. The second-order valence-corrected chi connectivity index (χ2v) is 5.14. The average molecular weight is 264 g/mol. The minimum Gasteiger partial charge on any atom is -0.396 e. The van der Waals surface area contributed by atoms with Crippen molar-refractivity contribution in [2.24, 2.45) is 0 Å². The number of aliphatic hydroxyl groups excluding tert-OH is 1. The standard InChI is InChI=1S/C13H20N4O2/c1-8(2)12-15-7-10(14)11(16-12)13(19)17(5-6-18)9-3-4-9/h7-9,18H,3-6,14H2,1-2H3. The summed E-state index contributed by atoms with van der Waals surface area (Å²) in [7, 11) is 0. The first-order valence-electron chi connectivity index (χ1n) is 6.58. The molecule has 1 amide bonds. The van der Waals surface area contributed by atoms with Crippen LogP contribution < -0.4 is 5.73 Å². The number of rotatable bonds is 5. The summed E-state index contributed by atoms with van der Waals surface area (Å²) in [4.78, 5) is 22.5. The van der Waals surface area contributed by atoms with Crippen molar-refractivity contribution in [1.82, 2.24) is 14.9 Å². The van der Waals surface area contributed by atoms with Crippen molar-refractivity contribution in [1.29, 1.82) is 0 Å². The highest BCUT2D eigenvalue weighted by Crippen LogP contribution is 2.28. The van der Waals surface area contributed by atoms with Gasteiger partial charge in [-0.1, -0.05) is 13.8 Å². The molecule has 3 N–H and O–H groups in total. The van der Waals surface area contributed by atoms with Gasteiger partial charge in [-0.25, -0.2) is 9.97 Å². The third kappa shape index (κ3) is 3.01. The van der Waals surface area contributed by atoms with Crippen LogP contribution in [-0.2, 0) is 0 Å². The van der Waals surface area contributed by atoms with Crippen LogP contribution in [-0.4, -0.2) is 45.1 Å². The predicted octanol–water partition coefficient (Wildman–Crippen LogP) is 0.779. The smallest absolute Gasteiger partial charge is 0.275 e. The maximum absolute atomic E-state index is 12.5. The van der Waals surface area contributed by atoms with Crippen LogP contribution >= 0.6 is 0 Å². The topological polar surface area (TPSA) is 92.3 Å². The molecule has 1 fully saturated rings. The number of anilines is 1. The summed E-state index contributed by atoms with van der Waals surface area (Å²) in [5, 5.41) is 9.06. The van der Waals surface area contributed by atoms with Crippen LogP contribution in [0.3, 0.4) is 0 Å².